The molecule has 3 heterocycles. The molecule has 0 amide bonds. The first-order valence-electron chi connectivity index (χ1n) is 10.6. The van der Waals surface area contributed by atoms with Crippen LogP contribution < -0.4 is 4.90 Å². The average Bonchev–Trinajstić information content (AvgIpc) is 3.08. The molecule has 0 aliphatic carbocycles. The van der Waals surface area contributed by atoms with Crippen LogP contribution in [0.15, 0.2) is 89.8 Å². The highest BCUT2D eigenvalue weighted by Gasteiger charge is 2.41. The van der Waals surface area contributed by atoms with Crippen molar-refractivity contribution < 1.29 is 4.21 Å². The van der Waals surface area contributed by atoms with E-state index in [4.69, 9.17) is 0 Å². The molecule has 0 saturated carbocycles. The van der Waals surface area contributed by atoms with Crippen molar-refractivity contribution in [1.29, 1.82) is 0 Å². The van der Waals surface area contributed by atoms with Gasteiger partial charge in [-0.25, -0.2) is 4.21 Å². The quantitative estimate of drug-likeness (QED) is 0.270. The zero-order valence-electron chi connectivity index (χ0n) is 17.3. The van der Waals surface area contributed by atoms with Gasteiger partial charge in [0.05, 0.1) is 33.0 Å². The van der Waals surface area contributed by atoms with Crippen LogP contribution in [-0.2, 0) is 16.4 Å². The fourth-order valence-electron chi connectivity index (χ4n) is 5.51. The lowest BCUT2D eigenvalue weighted by molar-refractivity contribution is 0.633. The van der Waals surface area contributed by atoms with Crippen LogP contribution >= 0.6 is 0 Å². The van der Waals surface area contributed by atoms with Gasteiger partial charge in [-0.05, 0) is 35.4 Å². The molecule has 4 heteroatoms. The van der Waals surface area contributed by atoms with Crippen LogP contribution in [0.25, 0.3) is 21.8 Å². The molecule has 0 bridgehead atoms. The van der Waals surface area contributed by atoms with Crippen LogP contribution in [0, 0.1) is 0 Å². The van der Waals surface area contributed by atoms with Gasteiger partial charge in [0.15, 0.2) is 11.0 Å². The van der Waals surface area contributed by atoms with Gasteiger partial charge in [-0.2, -0.15) is 0 Å². The summed E-state index contributed by atoms with van der Waals surface area (Å²) >= 11 is 0. The number of aromatic nitrogens is 1. The van der Waals surface area contributed by atoms with Crippen molar-refractivity contribution in [2.75, 3.05) is 4.90 Å². The Morgan fingerprint density at radius 1 is 0.710 bits per heavy atom. The molecule has 0 saturated heterocycles. The highest BCUT2D eigenvalue weighted by Crippen LogP contribution is 2.57. The number of para-hydroxylation sites is 3. The molecule has 3 nitrogen and oxygen atoms in total. The maximum Gasteiger partial charge on any atom is 0.159 e. The summed E-state index contributed by atoms with van der Waals surface area (Å²) in [5, 5.41) is 2.29. The van der Waals surface area contributed by atoms with Crippen molar-refractivity contribution in [2.24, 2.45) is 0 Å². The highest BCUT2D eigenvalue weighted by atomic mass is 32.2. The fourth-order valence-corrected chi connectivity index (χ4v) is 6.92. The van der Waals surface area contributed by atoms with E-state index in [1.165, 1.54) is 11.1 Å². The van der Waals surface area contributed by atoms with Gasteiger partial charge in [0, 0.05) is 16.2 Å². The highest BCUT2D eigenvalue weighted by molar-refractivity contribution is 7.84. The van der Waals surface area contributed by atoms with E-state index in [1.54, 1.807) is 0 Å². The Bertz CT molecular complexity index is 1590. The van der Waals surface area contributed by atoms with Crippen molar-refractivity contribution in [1.82, 2.24) is 3.97 Å². The van der Waals surface area contributed by atoms with E-state index in [1.807, 2.05) is 28.2 Å². The lowest BCUT2D eigenvalue weighted by atomic mass is 9.73. The molecule has 7 rings (SSSR count). The molecule has 1 unspecified atom stereocenters. The van der Waals surface area contributed by atoms with Crippen LogP contribution in [0.1, 0.15) is 25.0 Å². The van der Waals surface area contributed by atoms with Gasteiger partial charge < -0.3 is 4.90 Å². The molecule has 2 aliphatic heterocycles. The second-order valence-corrected chi connectivity index (χ2v) is 10.2. The zero-order valence-corrected chi connectivity index (χ0v) is 18.1. The Balaban J connectivity index is 1.79. The summed E-state index contributed by atoms with van der Waals surface area (Å²) in [6, 6.07) is 29.5. The normalized spacial score (nSPS) is 18.0. The molecule has 1 aromatic heterocycles. The maximum absolute atomic E-state index is 14.1. The van der Waals surface area contributed by atoms with Gasteiger partial charge in [-0.3, -0.25) is 3.97 Å². The van der Waals surface area contributed by atoms with Gasteiger partial charge >= 0.3 is 0 Å². The van der Waals surface area contributed by atoms with Crippen molar-refractivity contribution in [3.05, 3.63) is 96.1 Å². The summed E-state index contributed by atoms with van der Waals surface area (Å²) in [5.41, 5.74) is 7.74. The average molecular weight is 421 g/mol. The Morgan fingerprint density at radius 3 is 2.29 bits per heavy atom. The van der Waals surface area contributed by atoms with Crippen LogP contribution in [-0.4, -0.2) is 8.18 Å². The minimum absolute atomic E-state index is 0.168. The fraction of sp³-hybridized carbons (Fsp3) is 0.111. The van der Waals surface area contributed by atoms with E-state index in [9.17, 15) is 4.21 Å². The SMILES string of the molecule is CC1(C)c2ccccc2N2c3ccccc3S(=O)n3c4ccccc4c4ccc1c2c43. The first-order chi connectivity index (χ1) is 15.1. The number of anilines is 3. The number of hydrogen-bond acceptors (Lipinski definition) is 2. The number of hydrogen-bond donors (Lipinski definition) is 0. The van der Waals surface area contributed by atoms with Crippen molar-refractivity contribution in [3.8, 4) is 0 Å². The van der Waals surface area contributed by atoms with Gasteiger partial charge in [-0.1, -0.05) is 74.5 Å². The van der Waals surface area contributed by atoms with Crippen LogP contribution in [0.3, 0.4) is 0 Å². The monoisotopic (exact) mass is 420 g/mol. The van der Waals surface area contributed by atoms with E-state index < -0.39 is 11.0 Å². The molecule has 4 aromatic carbocycles. The molecule has 0 spiro atoms. The molecular formula is C27H20N2OS. The minimum atomic E-state index is -1.35. The number of rotatable bonds is 0. The predicted octanol–water partition coefficient (Wildman–Crippen LogP) is 6.79. The summed E-state index contributed by atoms with van der Waals surface area (Å²) in [5.74, 6) is 0. The third-order valence-corrected chi connectivity index (χ3v) is 8.38. The smallest absolute Gasteiger partial charge is 0.159 e. The Kier molecular flexibility index (Phi) is 3.16. The third-order valence-electron chi connectivity index (χ3n) is 6.94. The number of nitrogens with zero attached hydrogens (tertiary/aromatic N) is 2. The largest absolute Gasteiger partial charge is 0.306 e. The van der Waals surface area contributed by atoms with Crippen molar-refractivity contribution >= 4 is 49.9 Å². The topological polar surface area (TPSA) is 25.2 Å². The molecule has 150 valence electrons. The Labute approximate surface area is 183 Å². The molecule has 0 fully saturated rings. The molecule has 2 aliphatic rings. The van der Waals surface area contributed by atoms with Crippen LogP contribution in [0.2, 0.25) is 0 Å². The number of benzene rings is 4. The second kappa shape index (κ2) is 5.65. The van der Waals surface area contributed by atoms with E-state index in [0.717, 1.165) is 43.8 Å². The molecule has 1 atom stereocenters. The van der Waals surface area contributed by atoms with Crippen molar-refractivity contribution in [2.45, 2.75) is 24.2 Å². The lowest BCUT2D eigenvalue weighted by Crippen LogP contribution is -2.30. The summed E-state index contributed by atoms with van der Waals surface area (Å²) in [6.07, 6.45) is 0. The molecule has 0 N–H and O–H groups in total. The first kappa shape index (κ1) is 17.3. The summed E-state index contributed by atoms with van der Waals surface area (Å²) in [6.45, 7) is 4.59. The minimum Gasteiger partial charge on any atom is -0.306 e. The number of fused-ring (bicyclic) bond motifs is 7. The lowest BCUT2D eigenvalue weighted by Gasteiger charge is -2.42. The van der Waals surface area contributed by atoms with E-state index >= 15 is 0 Å². The first-order valence-corrected chi connectivity index (χ1v) is 11.7. The Morgan fingerprint density at radius 2 is 1.42 bits per heavy atom. The summed E-state index contributed by atoms with van der Waals surface area (Å²) < 4.78 is 16.2. The van der Waals surface area contributed by atoms with Gasteiger partial charge in [0.25, 0.3) is 0 Å². The van der Waals surface area contributed by atoms with Crippen molar-refractivity contribution in [3.63, 3.8) is 0 Å². The Hall–Kier alpha value is -3.37. The van der Waals surface area contributed by atoms with E-state index in [2.05, 4.69) is 79.4 Å². The van der Waals surface area contributed by atoms with Crippen LogP contribution in [0.5, 0.6) is 0 Å². The third kappa shape index (κ3) is 1.97. The summed E-state index contributed by atoms with van der Waals surface area (Å²) in [7, 11) is -1.35. The predicted molar refractivity (Wildman–Crippen MR) is 128 cm³/mol. The molecule has 0 radical (unpaired) electrons. The maximum atomic E-state index is 14.1. The van der Waals surface area contributed by atoms with Gasteiger partial charge in [-0.15, -0.1) is 0 Å². The van der Waals surface area contributed by atoms with Crippen LogP contribution in [0.4, 0.5) is 17.1 Å². The molecule has 31 heavy (non-hydrogen) atoms. The van der Waals surface area contributed by atoms with Gasteiger partial charge in [0.2, 0.25) is 0 Å². The van der Waals surface area contributed by atoms with E-state index in [0.29, 0.717) is 0 Å². The van der Waals surface area contributed by atoms with Gasteiger partial charge in [0.1, 0.15) is 0 Å². The summed E-state index contributed by atoms with van der Waals surface area (Å²) in [4.78, 5) is 3.18. The standard InChI is InChI=1S/C27H20N2OS/c1-27(2)19-10-4-6-12-22(19)28-23-13-7-8-14-24(23)31(30)29-21-11-5-3-9-17(21)18-15-16-20(27)26(28)25(18)29/h3-16H,1-2H3. The van der Waals surface area contributed by atoms with E-state index in [-0.39, 0.29) is 5.41 Å². The zero-order chi connectivity index (χ0) is 20.9. The molecular weight excluding hydrogens is 400 g/mol. The molecule has 5 aromatic rings. The second-order valence-electron chi connectivity index (χ2n) is 8.86.